The molecule has 3 aromatic rings. The van der Waals surface area contributed by atoms with E-state index in [0.717, 1.165) is 46.8 Å². The Bertz CT molecular complexity index is 1330. The van der Waals surface area contributed by atoms with Gasteiger partial charge in [-0.1, -0.05) is 55.8 Å². The second kappa shape index (κ2) is 15.7. The first kappa shape index (κ1) is 30.8. The summed E-state index contributed by atoms with van der Waals surface area (Å²) in [6, 6.07) is 16.1. The molecule has 218 valence electrons. The normalized spacial score (nSPS) is 15.7. The number of hydrogen-bond acceptors (Lipinski definition) is 6. The molecule has 0 bridgehead atoms. The van der Waals surface area contributed by atoms with E-state index < -0.39 is 5.92 Å². The third-order valence-corrected chi connectivity index (χ3v) is 8.80. The van der Waals surface area contributed by atoms with Gasteiger partial charge in [0.15, 0.2) is 5.78 Å². The SMILES string of the molecule is CCc1ccc2nc(C[C@H](CC(C)=O)C(=O)N[C@H](CCC(=O)/C=C/CN3CCCCC3)Cc3ccccc3)sc2c1. The number of nitrogens with one attached hydrogen (secondary N) is 1. The number of nitrogens with zero attached hydrogens (tertiary/aromatic N) is 2. The smallest absolute Gasteiger partial charge is 0.224 e. The maximum Gasteiger partial charge on any atom is 0.224 e. The molecule has 1 aliphatic heterocycles. The molecule has 1 fully saturated rings. The highest BCUT2D eigenvalue weighted by Crippen LogP contribution is 2.26. The lowest BCUT2D eigenvalue weighted by atomic mass is 9.95. The number of ketones is 2. The molecule has 0 spiro atoms. The number of piperidine rings is 1. The number of carbonyl (C=O) groups excluding carboxylic acids is 3. The number of fused-ring (bicyclic) bond motifs is 1. The Balaban J connectivity index is 1.41. The molecule has 0 aliphatic carbocycles. The van der Waals surface area contributed by atoms with Crippen molar-refractivity contribution in [1.29, 1.82) is 0 Å². The molecular weight excluding hydrogens is 530 g/mol. The second-order valence-corrected chi connectivity index (χ2v) is 12.3. The second-order valence-electron chi connectivity index (χ2n) is 11.2. The van der Waals surface area contributed by atoms with E-state index in [0.29, 0.717) is 25.7 Å². The Morgan fingerprint density at radius 2 is 1.80 bits per heavy atom. The first-order chi connectivity index (χ1) is 19.9. The van der Waals surface area contributed by atoms with Gasteiger partial charge in [-0.3, -0.25) is 14.5 Å². The number of benzene rings is 2. The van der Waals surface area contributed by atoms with Gasteiger partial charge in [-0.25, -0.2) is 4.98 Å². The molecule has 1 N–H and O–H groups in total. The molecule has 0 radical (unpaired) electrons. The molecule has 0 saturated carbocycles. The minimum Gasteiger partial charge on any atom is -0.353 e. The molecule has 2 heterocycles. The van der Waals surface area contributed by atoms with Gasteiger partial charge in [0, 0.05) is 31.8 Å². The number of hydrogen-bond donors (Lipinski definition) is 1. The van der Waals surface area contributed by atoms with Crippen molar-refractivity contribution in [3.63, 3.8) is 0 Å². The molecule has 1 amide bonds. The van der Waals surface area contributed by atoms with Gasteiger partial charge in [0.2, 0.25) is 5.91 Å². The van der Waals surface area contributed by atoms with Crippen LogP contribution >= 0.6 is 11.3 Å². The molecule has 41 heavy (non-hydrogen) atoms. The van der Waals surface area contributed by atoms with Crippen molar-refractivity contribution in [2.24, 2.45) is 5.92 Å². The van der Waals surface area contributed by atoms with Crippen molar-refractivity contribution in [3.8, 4) is 0 Å². The van der Waals surface area contributed by atoms with Crippen LogP contribution < -0.4 is 5.32 Å². The minimum absolute atomic E-state index is 0.0202. The fourth-order valence-corrected chi connectivity index (χ4v) is 6.57. The quantitative estimate of drug-likeness (QED) is 0.222. The highest BCUT2D eigenvalue weighted by molar-refractivity contribution is 7.18. The predicted octanol–water partition coefficient (Wildman–Crippen LogP) is 6.12. The third kappa shape index (κ3) is 10.0. The largest absolute Gasteiger partial charge is 0.353 e. The molecule has 2 aromatic carbocycles. The number of Topliss-reactive ketones (excluding diaryl/α,β-unsaturated/α-hetero) is 1. The lowest BCUT2D eigenvalue weighted by Gasteiger charge is -2.24. The number of allylic oxidation sites excluding steroid dienone is 1. The van der Waals surface area contributed by atoms with Crippen LogP contribution in [0.3, 0.4) is 0 Å². The zero-order chi connectivity index (χ0) is 29.0. The van der Waals surface area contributed by atoms with Crippen molar-refractivity contribution in [2.45, 2.75) is 77.7 Å². The summed E-state index contributed by atoms with van der Waals surface area (Å²) in [7, 11) is 0. The molecule has 1 aromatic heterocycles. The van der Waals surface area contributed by atoms with E-state index in [1.54, 1.807) is 17.4 Å². The van der Waals surface area contributed by atoms with Crippen molar-refractivity contribution in [2.75, 3.05) is 19.6 Å². The summed E-state index contributed by atoms with van der Waals surface area (Å²) in [6.45, 7) is 6.67. The van der Waals surface area contributed by atoms with Gasteiger partial charge in [-0.2, -0.15) is 0 Å². The minimum atomic E-state index is -0.503. The number of thiazole rings is 1. The van der Waals surface area contributed by atoms with Crippen molar-refractivity contribution < 1.29 is 14.4 Å². The van der Waals surface area contributed by atoms with Crippen LogP contribution in [0.15, 0.2) is 60.7 Å². The van der Waals surface area contributed by atoms with Gasteiger partial charge in [-0.05, 0) is 81.5 Å². The Morgan fingerprint density at radius 1 is 1.02 bits per heavy atom. The highest BCUT2D eigenvalue weighted by Gasteiger charge is 2.25. The molecule has 6 nitrogen and oxygen atoms in total. The molecule has 0 unspecified atom stereocenters. The van der Waals surface area contributed by atoms with Gasteiger partial charge < -0.3 is 10.1 Å². The Morgan fingerprint density at radius 3 is 2.54 bits per heavy atom. The summed E-state index contributed by atoms with van der Waals surface area (Å²) in [5.41, 5.74) is 3.29. The maximum absolute atomic E-state index is 13.6. The summed E-state index contributed by atoms with van der Waals surface area (Å²) in [6.07, 6.45) is 10.5. The van der Waals surface area contributed by atoms with Crippen LogP contribution in [0.5, 0.6) is 0 Å². The number of likely N-dealkylation sites (tertiary alicyclic amines) is 1. The van der Waals surface area contributed by atoms with E-state index >= 15 is 0 Å². The lowest BCUT2D eigenvalue weighted by molar-refractivity contribution is -0.129. The lowest BCUT2D eigenvalue weighted by Crippen LogP contribution is -2.41. The number of amides is 1. The zero-order valence-electron chi connectivity index (χ0n) is 24.4. The predicted molar refractivity (Wildman–Crippen MR) is 167 cm³/mol. The number of aryl methyl sites for hydroxylation is 1. The molecule has 2 atom stereocenters. The van der Waals surface area contributed by atoms with E-state index in [2.05, 4.69) is 29.3 Å². The first-order valence-corrected chi connectivity index (χ1v) is 15.8. The monoisotopic (exact) mass is 573 g/mol. The van der Waals surface area contributed by atoms with Crippen molar-refractivity contribution in [3.05, 3.63) is 76.8 Å². The molecule has 1 aliphatic rings. The highest BCUT2D eigenvalue weighted by atomic mass is 32.1. The summed E-state index contributed by atoms with van der Waals surface area (Å²) in [5.74, 6) is -0.594. The average molecular weight is 574 g/mol. The Kier molecular flexibility index (Phi) is 11.8. The van der Waals surface area contributed by atoms with Crippen LogP contribution in [0.1, 0.15) is 68.5 Å². The van der Waals surface area contributed by atoms with Gasteiger partial charge in [0.05, 0.1) is 21.1 Å². The van der Waals surface area contributed by atoms with Gasteiger partial charge in [0.1, 0.15) is 5.78 Å². The Labute approximate surface area is 248 Å². The number of rotatable bonds is 15. The zero-order valence-corrected chi connectivity index (χ0v) is 25.3. The van der Waals surface area contributed by atoms with E-state index in [-0.39, 0.29) is 29.9 Å². The number of carbonyl (C=O) groups is 3. The third-order valence-electron chi connectivity index (χ3n) is 7.76. The fraction of sp³-hybridized carbons (Fsp3) is 0.471. The molecular formula is C34H43N3O3S. The van der Waals surface area contributed by atoms with Crippen LogP contribution in [0.4, 0.5) is 0 Å². The Hall–Kier alpha value is -3.16. The van der Waals surface area contributed by atoms with E-state index in [9.17, 15) is 14.4 Å². The summed E-state index contributed by atoms with van der Waals surface area (Å²) < 4.78 is 1.11. The fourth-order valence-electron chi connectivity index (χ4n) is 5.46. The van der Waals surface area contributed by atoms with Gasteiger partial charge in [-0.15, -0.1) is 11.3 Å². The summed E-state index contributed by atoms with van der Waals surface area (Å²) in [5, 5.41) is 4.07. The van der Waals surface area contributed by atoms with Crippen LogP contribution in [0, 0.1) is 5.92 Å². The van der Waals surface area contributed by atoms with Crippen LogP contribution in [0.25, 0.3) is 10.2 Å². The van der Waals surface area contributed by atoms with Crippen LogP contribution in [-0.4, -0.2) is 53.0 Å². The van der Waals surface area contributed by atoms with Crippen LogP contribution in [-0.2, 0) is 33.6 Å². The molecule has 4 rings (SSSR count). The maximum atomic E-state index is 13.6. The summed E-state index contributed by atoms with van der Waals surface area (Å²) >= 11 is 1.59. The van der Waals surface area contributed by atoms with Gasteiger partial charge >= 0.3 is 0 Å². The standard InChI is InChI=1S/C34H43N3O3S/c1-3-26-14-17-31-32(23-26)41-33(36-31)24-28(21-25(2)38)34(40)35-29(22-27-11-6-4-7-12-27)15-16-30(39)13-10-20-37-18-8-5-9-19-37/h4,6-7,10-14,17,23,28-29H,3,5,8-9,15-16,18-22,24H2,1-2H3,(H,35,40)/b13-10+/t28-,29+/m0/s1. The van der Waals surface area contributed by atoms with Gasteiger partial charge in [0.25, 0.3) is 0 Å². The van der Waals surface area contributed by atoms with Crippen molar-refractivity contribution in [1.82, 2.24) is 15.2 Å². The summed E-state index contributed by atoms with van der Waals surface area (Å²) in [4.78, 5) is 45.6. The molecule has 1 saturated heterocycles. The van der Waals surface area contributed by atoms with E-state index in [4.69, 9.17) is 4.98 Å². The average Bonchev–Trinajstić information content (AvgIpc) is 3.38. The van der Waals surface area contributed by atoms with Crippen molar-refractivity contribution >= 4 is 39.0 Å². The van der Waals surface area contributed by atoms with E-state index in [1.807, 2.05) is 42.5 Å². The number of aromatic nitrogens is 1. The van der Waals surface area contributed by atoms with Crippen LogP contribution in [0.2, 0.25) is 0 Å². The molecule has 7 heteroatoms. The topological polar surface area (TPSA) is 79.4 Å². The van der Waals surface area contributed by atoms with E-state index in [1.165, 1.54) is 31.7 Å². The first-order valence-electron chi connectivity index (χ1n) is 15.0.